The largest absolute Gasteiger partial charge is 1.00 e. The molecule has 0 saturated heterocycles. The molecule has 6 nitrogen and oxygen atoms in total. The molecule has 2 N–H and O–H groups in total. The van der Waals surface area contributed by atoms with Gasteiger partial charge in [0.25, 0.3) is 0 Å². The fourth-order valence-electron chi connectivity index (χ4n) is 5.96. The van der Waals surface area contributed by atoms with Crippen LogP contribution in [0.1, 0.15) is 102 Å². The smallest absolute Gasteiger partial charge is 0.224 e. The molecule has 0 radical (unpaired) electrons. The van der Waals surface area contributed by atoms with E-state index in [1.807, 2.05) is 55.4 Å². The van der Waals surface area contributed by atoms with Gasteiger partial charge in [-0.3, -0.25) is 4.79 Å². The number of hydrogen-bond acceptors (Lipinski definition) is 5. The van der Waals surface area contributed by atoms with Crippen LogP contribution in [0, 0.1) is 5.41 Å². The summed E-state index contributed by atoms with van der Waals surface area (Å²) in [6, 6.07) is 13.1. The Kier molecular flexibility index (Phi) is 13.0. The van der Waals surface area contributed by atoms with Crippen molar-refractivity contribution in [1.29, 1.82) is 0 Å². The molecule has 1 aliphatic heterocycles. The highest BCUT2D eigenvalue weighted by atomic mass is 35.5. The van der Waals surface area contributed by atoms with Crippen molar-refractivity contribution in [1.82, 2.24) is 0 Å². The van der Waals surface area contributed by atoms with Gasteiger partial charge < -0.3 is 27.7 Å². The molecule has 1 heterocycles. The third-order valence-corrected chi connectivity index (χ3v) is 10.2. The van der Waals surface area contributed by atoms with E-state index in [0.29, 0.717) is 35.4 Å². The number of benzene rings is 2. The molecule has 2 aromatic rings. The van der Waals surface area contributed by atoms with Crippen LogP contribution in [0.5, 0.6) is 0 Å². The van der Waals surface area contributed by atoms with Crippen LogP contribution in [-0.2, 0) is 14.6 Å². The second kappa shape index (κ2) is 15.2. The van der Waals surface area contributed by atoms with Gasteiger partial charge in [-0.15, -0.1) is 0 Å². The van der Waals surface area contributed by atoms with Gasteiger partial charge in [0.2, 0.25) is 5.91 Å². The molecule has 0 unspecified atom stereocenters. The molecular formula is C32H48ClN2O4S-. The third-order valence-electron chi connectivity index (χ3n) is 8.19. The van der Waals surface area contributed by atoms with E-state index in [1.165, 1.54) is 0 Å². The van der Waals surface area contributed by atoms with Gasteiger partial charge in [0, 0.05) is 43.2 Å². The van der Waals surface area contributed by atoms with Gasteiger partial charge in [-0.05, 0) is 60.7 Å². The maximum absolute atomic E-state index is 14.0. The van der Waals surface area contributed by atoms with Gasteiger partial charge in [-0.1, -0.05) is 71.4 Å². The van der Waals surface area contributed by atoms with Crippen LogP contribution in [0.15, 0.2) is 47.4 Å². The molecule has 224 valence electrons. The van der Waals surface area contributed by atoms with Gasteiger partial charge in [-0.2, -0.15) is 0 Å². The number of nitrogens with one attached hydrogen (secondary N) is 1. The number of anilines is 2. The van der Waals surface area contributed by atoms with E-state index in [9.17, 15) is 18.3 Å². The summed E-state index contributed by atoms with van der Waals surface area (Å²) < 4.78 is 28.0. The number of hydrogen-bond donors (Lipinski definition) is 2. The lowest BCUT2D eigenvalue weighted by molar-refractivity contribution is -0.116. The first kappa shape index (κ1) is 34.1. The Morgan fingerprint density at radius 3 is 2.23 bits per heavy atom. The Morgan fingerprint density at radius 2 is 1.62 bits per heavy atom. The maximum Gasteiger partial charge on any atom is 0.224 e. The van der Waals surface area contributed by atoms with Crippen LogP contribution >= 0.6 is 0 Å². The van der Waals surface area contributed by atoms with E-state index in [0.717, 1.165) is 56.2 Å². The fourth-order valence-corrected chi connectivity index (χ4v) is 8.15. The van der Waals surface area contributed by atoms with Crippen LogP contribution in [0.4, 0.5) is 11.4 Å². The highest BCUT2D eigenvalue weighted by molar-refractivity contribution is 7.91. The van der Waals surface area contributed by atoms with E-state index in [4.69, 9.17) is 0 Å². The quantitative estimate of drug-likeness (QED) is 0.345. The summed E-state index contributed by atoms with van der Waals surface area (Å²) in [5, 5.41) is 15.3. The van der Waals surface area contributed by atoms with Crippen molar-refractivity contribution in [3.8, 4) is 0 Å². The van der Waals surface area contributed by atoms with Crippen LogP contribution in [-0.4, -0.2) is 45.4 Å². The van der Waals surface area contributed by atoms with Crippen molar-refractivity contribution >= 4 is 27.1 Å². The average molecular weight is 592 g/mol. The monoisotopic (exact) mass is 591 g/mol. The average Bonchev–Trinajstić information content (AvgIpc) is 2.97. The summed E-state index contributed by atoms with van der Waals surface area (Å²) in [7, 11) is 0.207. The summed E-state index contributed by atoms with van der Waals surface area (Å²) in [6.07, 6.45) is 7.38. The number of sulfone groups is 1. The van der Waals surface area contributed by atoms with Gasteiger partial charge in [0.15, 0.2) is 9.84 Å². The number of halogens is 1. The van der Waals surface area contributed by atoms with Crippen molar-refractivity contribution in [2.75, 3.05) is 30.1 Å². The van der Waals surface area contributed by atoms with Crippen LogP contribution in [0.2, 0.25) is 0 Å². The van der Waals surface area contributed by atoms with Crippen molar-refractivity contribution in [2.45, 2.75) is 102 Å². The zero-order valence-corrected chi connectivity index (χ0v) is 26.5. The Bertz CT molecular complexity index is 1210. The lowest BCUT2D eigenvalue weighted by Crippen LogP contribution is -3.00. The minimum atomic E-state index is -3.65. The molecule has 0 fully saturated rings. The molecule has 0 aliphatic carbocycles. The number of aliphatic hydroxyl groups excluding tert-OH is 1. The minimum absolute atomic E-state index is 0. The van der Waals surface area contributed by atoms with Gasteiger partial charge in [-0.25, -0.2) is 8.42 Å². The first-order valence-corrected chi connectivity index (χ1v) is 16.4. The molecule has 1 amide bonds. The van der Waals surface area contributed by atoms with Crippen LogP contribution in [0.25, 0.3) is 0 Å². The lowest BCUT2D eigenvalue weighted by Gasteiger charge is -2.40. The van der Waals surface area contributed by atoms with Gasteiger partial charge in [0.05, 0.1) is 16.8 Å². The van der Waals surface area contributed by atoms with E-state index in [1.54, 1.807) is 6.07 Å². The Morgan fingerprint density at radius 1 is 0.975 bits per heavy atom. The van der Waals surface area contributed by atoms with E-state index in [-0.39, 0.29) is 24.1 Å². The lowest BCUT2D eigenvalue weighted by atomic mass is 9.68. The first-order chi connectivity index (χ1) is 18.6. The predicted octanol–water partition coefficient (Wildman–Crippen LogP) is 3.92. The third kappa shape index (κ3) is 8.01. The van der Waals surface area contributed by atoms with Crippen LogP contribution in [0.3, 0.4) is 0 Å². The molecule has 3 rings (SSSR count). The number of unbranched alkanes of at least 4 members (excludes halogenated alkanes) is 4. The van der Waals surface area contributed by atoms with E-state index in [2.05, 4.69) is 26.1 Å². The Balaban J connectivity index is 0.00000560. The molecule has 8 heteroatoms. The van der Waals surface area contributed by atoms with E-state index >= 15 is 0 Å². The topological polar surface area (TPSA) is 86.7 Å². The second-order valence-electron chi connectivity index (χ2n) is 11.5. The van der Waals surface area contributed by atoms with Crippen molar-refractivity contribution in [2.24, 2.45) is 5.41 Å². The zero-order chi connectivity index (χ0) is 28.6. The number of carbonyl (C=O) groups is 1. The van der Waals surface area contributed by atoms with Gasteiger partial charge >= 0.3 is 0 Å². The molecule has 2 atom stereocenters. The molecule has 0 bridgehead atoms. The molecule has 2 aromatic carbocycles. The summed E-state index contributed by atoms with van der Waals surface area (Å²) in [6.45, 7) is 6.32. The standard InChI is InChI=1S/C32H48N2O4S.ClH/c1-6-9-12-16-29(35)33-25-15-13-14-24(21-25)30-27-22-26(34(4)5)17-18-28(27)39(37,38)23-32(31(30)36,19-10-7-2)20-11-8-3;/h13-15,17-18,21-22,30-31,36H,6-12,16,19-20,23H2,1-5H3,(H,33,35);1H/p-1/t30-,31-;/m1./s1. The highest BCUT2D eigenvalue weighted by Gasteiger charge is 2.49. The number of nitrogens with zero attached hydrogens (tertiary/aromatic N) is 1. The molecule has 1 aliphatic rings. The Hall–Kier alpha value is -2.09. The van der Waals surface area contributed by atoms with Crippen molar-refractivity contribution < 1.29 is 30.7 Å². The zero-order valence-electron chi connectivity index (χ0n) is 24.9. The highest BCUT2D eigenvalue weighted by Crippen LogP contribution is 2.50. The molecule has 0 spiro atoms. The fraction of sp³-hybridized carbons (Fsp3) is 0.594. The predicted molar refractivity (Wildman–Crippen MR) is 161 cm³/mol. The number of aliphatic hydroxyl groups is 1. The molecular weight excluding hydrogens is 544 g/mol. The minimum Gasteiger partial charge on any atom is -1.00 e. The van der Waals surface area contributed by atoms with Crippen LogP contribution < -0.4 is 22.6 Å². The Labute approximate surface area is 248 Å². The van der Waals surface area contributed by atoms with E-state index < -0.39 is 27.3 Å². The normalized spacial score (nSPS) is 19.1. The van der Waals surface area contributed by atoms with Crippen molar-refractivity contribution in [3.63, 3.8) is 0 Å². The molecule has 40 heavy (non-hydrogen) atoms. The summed E-state index contributed by atoms with van der Waals surface area (Å²) in [4.78, 5) is 14.9. The molecule has 0 aromatic heterocycles. The number of fused-ring (bicyclic) bond motifs is 1. The first-order valence-electron chi connectivity index (χ1n) is 14.7. The number of rotatable bonds is 13. The summed E-state index contributed by atoms with van der Waals surface area (Å²) in [5.74, 6) is -0.622. The summed E-state index contributed by atoms with van der Waals surface area (Å²) >= 11 is 0. The number of amides is 1. The number of carbonyl (C=O) groups excluding carboxylic acids is 1. The second-order valence-corrected chi connectivity index (χ2v) is 13.5. The van der Waals surface area contributed by atoms with Gasteiger partial charge in [0.1, 0.15) is 0 Å². The maximum atomic E-state index is 14.0. The molecule has 0 saturated carbocycles. The van der Waals surface area contributed by atoms with Crippen molar-refractivity contribution in [3.05, 3.63) is 53.6 Å². The SMILES string of the molecule is CCCCCC(=O)Nc1cccc([C@@H]2c3cc(N(C)C)ccc3S(=O)(=O)CC(CCCC)(CCCC)[C@@H]2O)c1.[Cl-]. The summed E-state index contributed by atoms with van der Waals surface area (Å²) in [5.41, 5.74) is 2.25.